The molecule has 0 aromatic heterocycles. The highest BCUT2D eigenvalue weighted by Crippen LogP contribution is 2.22. The van der Waals surface area contributed by atoms with E-state index in [2.05, 4.69) is 5.32 Å². The Hall–Kier alpha value is -1.49. The van der Waals surface area contributed by atoms with Crippen LogP contribution in [0.2, 0.25) is 0 Å². The maximum Gasteiger partial charge on any atom is 0.226 e. The van der Waals surface area contributed by atoms with Crippen molar-refractivity contribution in [1.82, 2.24) is 0 Å². The normalized spacial score (nSPS) is 11.4. The number of carbonyl (C=O) groups is 1. The summed E-state index contributed by atoms with van der Waals surface area (Å²) in [6.07, 6.45) is -0.0141. The molecular weight excluding hydrogens is 226 g/mol. The smallest absolute Gasteiger partial charge is 0.226 e. The van der Waals surface area contributed by atoms with Crippen LogP contribution in [-0.2, 0) is 4.79 Å². The van der Waals surface area contributed by atoms with Crippen LogP contribution in [0.15, 0.2) is 12.1 Å². The van der Waals surface area contributed by atoms with Crippen LogP contribution >= 0.6 is 0 Å². The molecule has 17 heavy (non-hydrogen) atoms. The van der Waals surface area contributed by atoms with Crippen molar-refractivity contribution >= 4 is 11.6 Å². The van der Waals surface area contributed by atoms with E-state index in [1.165, 1.54) is 13.0 Å². The minimum Gasteiger partial charge on any atom is -0.325 e. The summed E-state index contributed by atoms with van der Waals surface area (Å²) < 4.78 is 26.9. The fourth-order valence-electron chi connectivity index (χ4n) is 1.37. The molecule has 0 aliphatic carbocycles. The largest absolute Gasteiger partial charge is 0.325 e. The number of carbonyl (C=O) groups excluding carboxylic acids is 1. The minimum atomic E-state index is -0.795. The van der Waals surface area contributed by atoms with Gasteiger partial charge in [0, 0.05) is 12.0 Å². The van der Waals surface area contributed by atoms with E-state index < -0.39 is 28.8 Å². The van der Waals surface area contributed by atoms with Gasteiger partial charge in [0.2, 0.25) is 5.91 Å². The molecule has 0 aliphatic rings. The predicted molar refractivity (Wildman–Crippen MR) is 62.6 cm³/mol. The summed E-state index contributed by atoms with van der Waals surface area (Å²) in [6, 6.07) is 2.43. The molecule has 0 atom stereocenters. The van der Waals surface area contributed by atoms with E-state index in [0.29, 0.717) is 0 Å². The maximum atomic E-state index is 13.6. The average molecular weight is 242 g/mol. The lowest BCUT2D eigenvalue weighted by atomic mass is 10.0. The number of nitrogens with two attached hydrogens (primary N) is 1. The third-order valence-corrected chi connectivity index (χ3v) is 2.16. The molecule has 94 valence electrons. The Morgan fingerprint density at radius 2 is 2.00 bits per heavy atom. The summed E-state index contributed by atoms with van der Waals surface area (Å²) in [4.78, 5) is 11.5. The molecular formula is C12H16F2N2O. The molecule has 0 radical (unpaired) electrons. The van der Waals surface area contributed by atoms with Crippen LogP contribution in [0.4, 0.5) is 14.5 Å². The van der Waals surface area contributed by atoms with Gasteiger partial charge in [-0.2, -0.15) is 0 Å². The standard InChI is InChI=1S/C12H16F2N2O/c1-7-4-5-8(13)11(10(7)14)16-9(17)6-12(2,3)15/h4-5H,6,15H2,1-3H3,(H,16,17). The first-order valence-electron chi connectivity index (χ1n) is 5.24. The SMILES string of the molecule is Cc1ccc(F)c(NC(=O)CC(C)(C)N)c1F. The highest BCUT2D eigenvalue weighted by atomic mass is 19.1. The van der Waals surface area contributed by atoms with Crippen molar-refractivity contribution in [3.8, 4) is 0 Å². The van der Waals surface area contributed by atoms with Gasteiger partial charge < -0.3 is 11.1 Å². The monoisotopic (exact) mass is 242 g/mol. The first kappa shape index (κ1) is 13.6. The van der Waals surface area contributed by atoms with E-state index in [-0.39, 0.29) is 12.0 Å². The molecule has 0 saturated heterocycles. The third-order valence-electron chi connectivity index (χ3n) is 2.16. The molecule has 3 nitrogen and oxygen atoms in total. The zero-order valence-electron chi connectivity index (χ0n) is 10.1. The molecule has 0 aliphatic heterocycles. The van der Waals surface area contributed by atoms with E-state index in [1.54, 1.807) is 13.8 Å². The van der Waals surface area contributed by atoms with Crippen LogP contribution in [0.5, 0.6) is 0 Å². The second kappa shape index (κ2) is 4.79. The third kappa shape index (κ3) is 3.78. The number of anilines is 1. The van der Waals surface area contributed by atoms with Crippen molar-refractivity contribution in [2.75, 3.05) is 5.32 Å². The van der Waals surface area contributed by atoms with Gasteiger partial charge >= 0.3 is 0 Å². The summed E-state index contributed by atoms with van der Waals surface area (Å²) in [7, 11) is 0. The van der Waals surface area contributed by atoms with Crippen LogP contribution < -0.4 is 11.1 Å². The zero-order chi connectivity index (χ0) is 13.2. The molecule has 1 rings (SSSR count). The molecule has 0 saturated carbocycles. The van der Waals surface area contributed by atoms with Crippen molar-refractivity contribution < 1.29 is 13.6 Å². The molecule has 0 bridgehead atoms. The highest BCUT2D eigenvalue weighted by molar-refractivity contribution is 5.91. The maximum absolute atomic E-state index is 13.6. The van der Waals surface area contributed by atoms with Crippen molar-refractivity contribution in [2.45, 2.75) is 32.7 Å². The van der Waals surface area contributed by atoms with Crippen LogP contribution in [0.3, 0.4) is 0 Å². The summed E-state index contributed by atoms with van der Waals surface area (Å²) in [5.41, 5.74) is 4.78. The number of nitrogens with one attached hydrogen (secondary N) is 1. The lowest BCUT2D eigenvalue weighted by Crippen LogP contribution is -2.36. The Bertz CT molecular complexity index is 439. The quantitative estimate of drug-likeness (QED) is 0.854. The molecule has 1 aromatic carbocycles. The second-order valence-corrected chi connectivity index (χ2v) is 4.77. The van der Waals surface area contributed by atoms with Crippen LogP contribution in [0, 0.1) is 18.6 Å². The Kier molecular flexibility index (Phi) is 3.83. The van der Waals surface area contributed by atoms with E-state index in [4.69, 9.17) is 5.73 Å². The van der Waals surface area contributed by atoms with Gasteiger partial charge in [0.25, 0.3) is 0 Å². The van der Waals surface area contributed by atoms with Gasteiger partial charge in [-0.1, -0.05) is 6.07 Å². The number of hydrogen-bond acceptors (Lipinski definition) is 2. The lowest BCUT2D eigenvalue weighted by molar-refractivity contribution is -0.117. The van der Waals surface area contributed by atoms with Gasteiger partial charge in [-0.05, 0) is 32.4 Å². The first-order valence-corrected chi connectivity index (χ1v) is 5.24. The highest BCUT2D eigenvalue weighted by Gasteiger charge is 2.19. The number of rotatable bonds is 3. The lowest BCUT2D eigenvalue weighted by Gasteiger charge is -2.18. The molecule has 1 aromatic rings. The van der Waals surface area contributed by atoms with Gasteiger partial charge in [-0.25, -0.2) is 8.78 Å². The number of hydrogen-bond donors (Lipinski definition) is 2. The Morgan fingerprint density at radius 3 is 2.53 bits per heavy atom. The van der Waals surface area contributed by atoms with Crippen molar-refractivity contribution in [1.29, 1.82) is 0 Å². The van der Waals surface area contributed by atoms with Crippen molar-refractivity contribution in [2.24, 2.45) is 5.73 Å². The predicted octanol–water partition coefficient (Wildman–Crippen LogP) is 2.34. The number of aryl methyl sites for hydroxylation is 1. The molecule has 0 spiro atoms. The average Bonchev–Trinajstić information content (AvgIpc) is 2.16. The fraction of sp³-hybridized carbons (Fsp3) is 0.417. The van der Waals surface area contributed by atoms with Gasteiger partial charge in [0.1, 0.15) is 11.5 Å². The van der Waals surface area contributed by atoms with Crippen molar-refractivity contribution in [3.63, 3.8) is 0 Å². The molecule has 0 unspecified atom stereocenters. The number of halogens is 2. The zero-order valence-corrected chi connectivity index (χ0v) is 10.1. The summed E-state index contributed by atoms with van der Waals surface area (Å²) in [5.74, 6) is -2.06. The Labute approximate surface area is 99.0 Å². The van der Waals surface area contributed by atoms with Gasteiger partial charge in [0.05, 0.1) is 0 Å². The van der Waals surface area contributed by atoms with E-state index in [1.807, 2.05) is 0 Å². The molecule has 0 fully saturated rings. The van der Waals surface area contributed by atoms with Gasteiger partial charge in [0.15, 0.2) is 5.82 Å². The molecule has 1 amide bonds. The number of benzene rings is 1. The van der Waals surface area contributed by atoms with Gasteiger partial charge in [-0.3, -0.25) is 4.79 Å². The Morgan fingerprint density at radius 1 is 1.41 bits per heavy atom. The Balaban J connectivity index is 2.89. The molecule has 0 heterocycles. The fourth-order valence-corrected chi connectivity index (χ4v) is 1.37. The van der Waals surface area contributed by atoms with Crippen LogP contribution in [0.1, 0.15) is 25.8 Å². The van der Waals surface area contributed by atoms with E-state index in [0.717, 1.165) is 6.07 Å². The first-order chi connectivity index (χ1) is 7.70. The summed E-state index contributed by atoms with van der Waals surface area (Å²) in [5, 5.41) is 2.21. The van der Waals surface area contributed by atoms with Crippen LogP contribution in [0.25, 0.3) is 0 Å². The van der Waals surface area contributed by atoms with E-state index >= 15 is 0 Å². The second-order valence-electron chi connectivity index (χ2n) is 4.77. The summed E-state index contributed by atoms with van der Waals surface area (Å²) in [6.45, 7) is 4.82. The minimum absolute atomic E-state index is 0.0141. The molecule has 3 N–H and O–H groups in total. The summed E-state index contributed by atoms with van der Waals surface area (Å²) >= 11 is 0. The van der Waals surface area contributed by atoms with Gasteiger partial charge in [-0.15, -0.1) is 0 Å². The van der Waals surface area contributed by atoms with Crippen molar-refractivity contribution in [3.05, 3.63) is 29.3 Å². The molecule has 5 heteroatoms. The number of amides is 1. The van der Waals surface area contributed by atoms with E-state index in [9.17, 15) is 13.6 Å². The topological polar surface area (TPSA) is 55.1 Å². The van der Waals surface area contributed by atoms with Crippen LogP contribution in [-0.4, -0.2) is 11.4 Å².